The fourth-order valence-corrected chi connectivity index (χ4v) is 3.30. The molecule has 0 amide bonds. The minimum absolute atomic E-state index is 0.274. The lowest BCUT2D eigenvalue weighted by atomic mass is 9.73. The Kier molecular flexibility index (Phi) is 7.96. The molecule has 1 fully saturated rings. The molecule has 0 atom stereocenters. The van der Waals surface area contributed by atoms with Gasteiger partial charge >= 0.3 is 0 Å². The Bertz CT molecular complexity index is 225. The zero-order chi connectivity index (χ0) is 14.1. The van der Waals surface area contributed by atoms with E-state index in [1.165, 1.54) is 38.5 Å². The van der Waals surface area contributed by atoms with Gasteiger partial charge in [0.25, 0.3) is 0 Å². The Labute approximate surface area is 119 Å². The smallest absolute Gasteiger partial charge is 0.0558 e. The molecule has 0 bridgehead atoms. The third kappa shape index (κ3) is 5.80. The average Bonchev–Trinajstić information content (AvgIpc) is 2.39. The molecule has 1 aliphatic carbocycles. The lowest BCUT2D eigenvalue weighted by molar-refractivity contribution is 0.0703. The molecule has 0 heterocycles. The normalized spacial score (nSPS) is 19.3. The van der Waals surface area contributed by atoms with Crippen LogP contribution in [0.3, 0.4) is 0 Å². The Hall–Kier alpha value is -0.120. The van der Waals surface area contributed by atoms with Crippen molar-refractivity contribution in [2.45, 2.75) is 65.3 Å². The summed E-state index contributed by atoms with van der Waals surface area (Å²) in [6, 6.07) is 0.525. The van der Waals surface area contributed by atoms with E-state index in [4.69, 9.17) is 0 Å². The van der Waals surface area contributed by atoms with E-state index < -0.39 is 0 Å². The quantitative estimate of drug-likeness (QED) is 0.632. The van der Waals surface area contributed by atoms with Crippen LogP contribution in [0.1, 0.15) is 59.3 Å². The number of aliphatic hydroxyl groups is 1. The molecule has 0 aromatic rings. The average molecular weight is 270 g/mol. The standard InChI is InChI=1S/C16H34N2O/c1-4-10-17-13-16(8-6-5-7-9-16)14-18(11-12-19)15(2)3/h15,17,19H,4-14H2,1-3H3. The molecule has 2 N–H and O–H groups in total. The SMILES string of the molecule is CCCNCC1(CN(CCO)C(C)C)CCCCC1. The highest BCUT2D eigenvalue weighted by atomic mass is 16.3. The second-order valence-electron chi connectivity index (χ2n) is 6.53. The fraction of sp³-hybridized carbons (Fsp3) is 1.00. The van der Waals surface area contributed by atoms with Gasteiger partial charge in [-0.1, -0.05) is 26.2 Å². The van der Waals surface area contributed by atoms with Crippen LogP contribution < -0.4 is 5.32 Å². The zero-order valence-electron chi connectivity index (χ0n) is 13.2. The molecule has 0 unspecified atom stereocenters. The zero-order valence-corrected chi connectivity index (χ0v) is 13.2. The molecule has 1 rings (SSSR count). The molecular weight excluding hydrogens is 236 g/mol. The van der Waals surface area contributed by atoms with Crippen LogP contribution in [-0.4, -0.2) is 48.8 Å². The lowest BCUT2D eigenvalue weighted by Gasteiger charge is -2.42. The van der Waals surface area contributed by atoms with Crippen molar-refractivity contribution >= 4 is 0 Å². The molecule has 0 saturated heterocycles. The summed E-state index contributed by atoms with van der Waals surface area (Å²) in [5.41, 5.74) is 0.437. The van der Waals surface area contributed by atoms with E-state index in [0.717, 1.165) is 26.2 Å². The number of hydrogen-bond donors (Lipinski definition) is 2. The predicted molar refractivity (Wildman–Crippen MR) is 82.5 cm³/mol. The maximum Gasteiger partial charge on any atom is 0.0558 e. The monoisotopic (exact) mass is 270 g/mol. The van der Waals surface area contributed by atoms with Gasteiger partial charge in [-0.05, 0) is 45.1 Å². The molecular formula is C16H34N2O. The van der Waals surface area contributed by atoms with Crippen LogP contribution in [0.2, 0.25) is 0 Å². The highest BCUT2D eigenvalue weighted by Crippen LogP contribution is 2.37. The molecule has 0 radical (unpaired) electrons. The van der Waals surface area contributed by atoms with Gasteiger partial charge in [0.05, 0.1) is 6.61 Å². The summed E-state index contributed by atoms with van der Waals surface area (Å²) in [7, 11) is 0. The Morgan fingerprint density at radius 3 is 2.42 bits per heavy atom. The van der Waals surface area contributed by atoms with E-state index in [1.54, 1.807) is 0 Å². The van der Waals surface area contributed by atoms with Crippen LogP contribution in [0.4, 0.5) is 0 Å². The first-order chi connectivity index (χ1) is 9.13. The van der Waals surface area contributed by atoms with Crippen molar-refractivity contribution in [3.8, 4) is 0 Å². The molecule has 114 valence electrons. The van der Waals surface area contributed by atoms with Gasteiger partial charge in [-0.25, -0.2) is 0 Å². The van der Waals surface area contributed by atoms with Crippen molar-refractivity contribution in [1.29, 1.82) is 0 Å². The Morgan fingerprint density at radius 2 is 1.89 bits per heavy atom. The van der Waals surface area contributed by atoms with Gasteiger partial charge < -0.3 is 10.4 Å². The fourth-order valence-electron chi connectivity index (χ4n) is 3.30. The maximum absolute atomic E-state index is 9.26. The van der Waals surface area contributed by atoms with Gasteiger partial charge in [0.15, 0.2) is 0 Å². The van der Waals surface area contributed by atoms with Crippen LogP contribution in [0.5, 0.6) is 0 Å². The molecule has 1 aliphatic rings. The topological polar surface area (TPSA) is 35.5 Å². The Morgan fingerprint density at radius 1 is 1.21 bits per heavy atom. The van der Waals surface area contributed by atoms with Crippen molar-refractivity contribution < 1.29 is 5.11 Å². The van der Waals surface area contributed by atoms with Crippen LogP contribution in [0.25, 0.3) is 0 Å². The summed E-state index contributed by atoms with van der Waals surface area (Å²) in [5.74, 6) is 0. The summed E-state index contributed by atoms with van der Waals surface area (Å²) in [6.07, 6.45) is 8.05. The van der Waals surface area contributed by atoms with E-state index in [1.807, 2.05) is 0 Å². The first-order valence-corrected chi connectivity index (χ1v) is 8.19. The Balaban J connectivity index is 2.60. The maximum atomic E-state index is 9.26. The molecule has 19 heavy (non-hydrogen) atoms. The number of nitrogens with zero attached hydrogens (tertiary/aromatic N) is 1. The predicted octanol–water partition coefficient (Wildman–Crippen LogP) is 2.64. The van der Waals surface area contributed by atoms with Crippen molar-refractivity contribution in [3.05, 3.63) is 0 Å². The van der Waals surface area contributed by atoms with E-state index in [0.29, 0.717) is 11.5 Å². The van der Waals surface area contributed by atoms with Crippen LogP contribution in [0.15, 0.2) is 0 Å². The largest absolute Gasteiger partial charge is 0.395 e. The van der Waals surface area contributed by atoms with Crippen LogP contribution >= 0.6 is 0 Å². The third-order valence-corrected chi connectivity index (χ3v) is 4.50. The van der Waals surface area contributed by atoms with Gasteiger partial charge in [-0.3, -0.25) is 4.90 Å². The van der Waals surface area contributed by atoms with E-state index in [-0.39, 0.29) is 6.61 Å². The molecule has 0 aliphatic heterocycles. The molecule has 1 saturated carbocycles. The second kappa shape index (κ2) is 8.93. The van der Waals surface area contributed by atoms with Gasteiger partial charge in [0.2, 0.25) is 0 Å². The number of nitrogens with one attached hydrogen (secondary N) is 1. The van der Waals surface area contributed by atoms with Gasteiger partial charge in [0.1, 0.15) is 0 Å². The summed E-state index contributed by atoms with van der Waals surface area (Å²) < 4.78 is 0. The molecule has 0 aromatic carbocycles. The highest BCUT2D eigenvalue weighted by molar-refractivity contribution is 4.88. The van der Waals surface area contributed by atoms with Crippen molar-refractivity contribution in [3.63, 3.8) is 0 Å². The summed E-state index contributed by atoms with van der Waals surface area (Å²) >= 11 is 0. The van der Waals surface area contributed by atoms with Crippen LogP contribution in [0, 0.1) is 5.41 Å². The first kappa shape index (κ1) is 16.9. The third-order valence-electron chi connectivity index (χ3n) is 4.50. The summed E-state index contributed by atoms with van der Waals surface area (Å²) in [5, 5.41) is 12.9. The van der Waals surface area contributed by atoms with E-state index in [2.05, 4.69) is 31.0 Å². The number of hydrogen-bond acceptors (Lipinski definition) is 3. The van der Waals surface area contributed by atoms with E-state index in [9.17, 15) is 5.11 Å². The van der Waals surface area contributed by atoms with Gasteiger partial charge in [-0.15, -0.1) is 0 Å². The van der Waals surface area contributed by atoms with Crippen molar-refractivity contribution in [1.82, 2.24) is 10.2 Å². The minimum atomic E-state index is 0.274. The van der Waals surface area contributed by atoms with Crippen molar-refractivity contribution in [2.24, 2.45) is 5.41 Å². The van der Waals surface area contributed by atoms with Gasteiger partial charge in [0, 0.05) is 25.7 Å². The molecule has 3 heteroatoms. The number of aliphatic hydroxyl groups excluding tert-OH is 1. The second-order valence-corrected chi connectivity index (χ2v) is 6.53. The molecule has 0 spiro atoms. The van der Waals surface area contributed by atoms with Crippen LogP contribution in [-0.2, 0) is 0 Å². The molecule has 3 nitrogen and oxygen atoms in total. The summed E-state index contributed by atoms with van der Waals surface area (Å²) in [6.45, 7) is 11.2. The number of rotatable bonds is 9. The van der Waals surface area contributed by atoms with Gasteiger partial charge in [-0.2, -0.15) is 0 Å². The first-order valence-electron chi connectivity index (χ1n) is 8.19. The van der Waals surface area contributed by atoms with Crippen molar-refractivity contribution in [2.75, 3.05) is 32.8 Å². The highest BCUT2D eigenvalue weighted by Gasteiger charge is 2.33. The lowest BCUT2D eigenvalue weighted by Crippen LogP contribution is -2.48. The molecule has 0 aromatic heterocycles. The van der Waals surface area contributed by atoms with E-state index >= 15 is 0 Å². The summed E-state index contributed by atoms with van der Waals surface area (Å²) in [4.78, 5) is 2.46. The minimum Gasteiger partial charge on any atom is -0.395 e.